The summed E-state index contributed by atoms with van der Waals surface area (Å²) in [7, 11) is 0. The standard InChI is InChI=1S/C40H25NO2/c1-2-12-27(13-3-1)41(28-22-24-38-35(25-28)31-16-7-9-20-37(31)42-38)36-19-8-6-15-30(36)32-17-10-18-33-34-23-21-26-11-4-5-14-29(26)39(34)43-40(32)33/h1-25H. The maximum atomic E-state index is 6.76. The fourth-order valence-corrected chi connectivity index (χ4v) is 6.49. The van der Waals surface area contributed by atoms with Gasteiger partial charge in [-0.05, 0) is 53.9 Å². The molecule has 7 aromatic carbocycles. The van der Waals surface area contributed by atoms with Gasteiger partial charge in [0.1, 0.15) is 22.3 Å². The average molecular weight is 552 g/mol. The van der Waals surface area contributed by atoms with E-state index in [4.69, 9.17) is 8.83 Å². The van der Waals surface area contributed by atoms with Crippen molar-refractivity contribution in [1.29, 1.82) is 0 Å². The Bertz CT molecular complexity index is 2470. The highest BCUT2D eigenvalue weighted by molar-refractivity contribution is 6.17. The first-order valence-corrected chi connectivity index (χ1v) is 14.5. The molecule has 202 valence electrons. The van der Waals surface area contributed by atoms with Gasteiger partial charge in [0.2, 0.25) is 0 Å². The molecule has 0 atom stereocenters. The zero-order chi connectivity index (χ0) is 28.3. The molecule has 0 fully saturated rings. The molecule has 0 saturated carbocycles. The van der Waals surface area contributed by atoms with Gasteiger partial charge in [-0.2, -0.15) is 0 Å². The molecule has 0 aliphatic rings. The molecule has 0 saturated heterocycles. The fourth-order valence-electron chi connectivity index (χ4n) is 6.49. The van der Waals surface area contributed by atoms with E-state index in [1.807, 2.05) is 12.1 Å². The summed E-state index contributed by atoms with van der Waals surface area (Å²) in [5, 5.41) is 6.75. The van der Waals surface area contributed by atoms with Gasteiger partial charge in [0.25, 0.3) is 0 Å². The Balaban J connectivity index is 1.30. The third kappa shape index (κ3) is 3.68. The highest BCUT2D eigenvalue weighted by atomic mass is 16.3. The Kier molecular flexibility index (Phi) is 5.20. The molecule has 0 unspecified atom stereocenters. The van der Waals surface area contributed by atoms with E-state index in [9.17, 15) is 0 Å². The molecule has 3 heteroatoms. The minimum atomic E-state index is 0.880. The second-order valence-electron chi connectivity index (χ2n) is 10.9. The van der Waals surface area contributed by atoms with E-state index < -0.39 is 0 Å². The minimum absolute atomic E-state index is 0.880. The Morgan fingerprint density at radius 1 is 0.372 bits per heavy atom. The molecule has 9 aromatic rings. The Labute approximate surface area is 247 Å². The van der Waals surface area contributed by atoms with Crippen LogP contribution < -0.4 is 4.90 Å². The van der Waals surface area contributed by atoms with Crippen LogP contribution in [0.5, 0.6) is 0 Å². The van der Waals surface area contributed by atoms with Crippen molar-refractivity contribution in [2.45, 2.75) is 0 Å². The van der Waals surface area contributed by atoms with E-state index in [1.165, 1.54) is 5.39 Å². The maximum Gasteiger partial charge on any atom is 0.143 e. The molecule has 43 heavy (non-hydrogen) atoms. The third-order valence-corrected chi connectivity index (χ3v) is 8.46. The molecule has 0 aliphatic carbocycles. The maximum absolute atomic E-state index is 6.76. The molecule has 0 aliphatic heterocycles. The number of hydrogen-bond donors (Lipinski definition) is 0. The SMILES string of the molecule is c1ccc(N(c2ccc3oc4ccccc4c3c2)c2ccccc2-c2cccc3c2oc2c4ccccc4ccc32)cc1. The van der Waals surface area contributed by atoms with Crippen LogP contribution in [-0.4, -0.2) is 0 Å². The van der Waals surface area contributed by atoms with Crippen LogP contribution in [0.2, 0.25) is 0 Å². The van der Waals surface area contributed by atoms with Crippen LogP contribution in [0.25, 0.3) is 65.8 Å². The van der Waals surface area contributed by atoms with Crippen molar-refractivity contribution in [2.75, 3.05) is 4.90 Å². The van der Waals surface area contributed by atoms with E-state index >= 15 is 0 Å². The number of benzene rings is 7. The van der Waals surface area contributed by atoms with E-state index in [-0.39, 0.29) is 0 Å². The summed E-state index contributed by atoms with van der Waals surface area (Å²) in [6.45, 7) is 0. The first-order valence-electron chi connectivity index (χ1n) is 14.5. The average Bonchev–Trinajstić information content (AvgIpc) is 3.64. The summed E-state index contributed by atoms with van der Waals surface area (Å²) in [5.74, 6) is 0. The lowest BCUT2D eigenvalue weighted by molar-refractivity contribution is 0.669. The fraction of sp³-hybridized carbons (Fsp3) is 0. The summed E-state index contributed by atoms with van der Waals surface area (Å²) >= 11 is 0. The van der Waals surface area contributed by atoms with Gasteiger partial charge in [0.15, 0.2) is 0 Å². The van der Waals surface area contributed by atoms with Gasteiger partial charge in [0, 0.05) is 49.4 Å². The highest BCUT2D eigenvalue weighted by Gasteiger charge is 2.21. The molecule has 2 heterocycles. The molecule has 0 bridgehead atoms. The second kappa shape index (κ2) is 9.37. The van der Waals surface area contributed by atoms with Crippen molar-refractivity contribution in [2.24, 2.45) is 0 Å². The number of rotatable bonds is 4. The van der Waals surface area contributed by atoms with Gasteiger partial charge in [-0.3, -0.25) is 0 Å². The lowest BCUT2D eigenvalue weighted by atomic mass is 9.98. The zero-order valence-corrected chi connectivity index (χ0v) is 23.2. The summed E-state index contributed by atoms with van der Waals surface area (Å²) in [5.41, 5.74) is 8.95. The van der Waals surface area contributed by atoms with Gasteiger partial charge >= 0.3 is 0 Å². The van der Waals surface area contributed by atoms with Crippen LogP contribution in [0.3, 0.4) is 0 Å². The molecule has 0 N–H and O–H groups in total. The van der Waals surface area contributed by atoms with Crippen LogP contribution in [0.4, 0.5) is 17.1 Å². The number of furan rings is 2. The number of fused-ring (bicyclic) bond motifs is 8. The molecular formula is C40H25NO2. The number of nitrogens with zero attached hydrogens (tertiary/aromatic N) is 1. The van der Waals surface area contributed by atoms with E-state index in [2.05, 4.69) is 144 Å². The lowest BCUT2D eigenvalue weighted by Crippen LogP contribution is -2.11. The monoisotopic (exact) mass is 551 g/mol. The van der Waals surface area contributed by atoms with Gasteiger partial charge in [-0.15, -0.1) is 0 Å². The van der Waals surface area contributed by atoms with Crippen LogP contribution in [-0.2, 0) is 0 Å². The van der Waals surface area contributed by atoms with Crippen LogP contribution in [0, 0.1) is 0 Å². The molecule has 0 amide bonds. The largest absolute Gasteiger partial charge is 0.456 e. The molecule has 3 nitrogen and oxygen atoms in total. The topological polar surface area (TPSA) is 29.5 Å². The lowest BCUT2D eigenvalue weighted by Gasteiger charge is -2.28. The van der Waals surface area contributed by atoms with E-state index in [0.29, 0.717) is 0 Å². The minimum Gasteiger partial charge on any atom is -0.456 e. The molecule has 2 aromatic heterocycles. The first kappa shape index (κ1) is 23.9. The van der Waals surface area contributed by atoms with Crippen molar-refractivity contribution >= 4 is 71.7 Å². The van der Waals surface area contributed by atoms with Crippen molar-refractivity contribution in [3.05, 3.63) is 152 Å². The highest BCUT2D eigenvalue weighted by Crippen LogP contribution is 2.45. The number of anilines is 3. The number of hydrogen-bond acceptors (Lipinski definition) is 3. The Morgan fingerprint density at radius 3 is 2.00 bits per heavy atom. The second-order valence-corrected chi connectivity index (χ2v) is 10.9. The normalized spacial score (nSPS) is 11.7. The van der Waals surface area contributed by atoms with Crippen molar-refractivity contribution in [3.63, 3.8) is 0 Å². The number of para-hydroxylation sites is 4. The predicted octanol–water partition coefficient (Wildman–Crippen LogP) is 11.8. The molecule has 0 radical (unpaired) electrons. The molecule has 0 spiro atoms. The predicted molar refractivity (Wildman–Crippen MR) is 179 cm³/mol. The van der Waals surface area contributed by atoms with Crippen molar-refractivity contribution in [3.8, 4) is 11.1 Å². The van der Waals surface area contributed by atoms with E-state index in [0.717, 1.165) is 77.5 Å². The summed E-state index contributed by atoms with van der Waals surface area (Å²) in [6, 6.07) is 53.0. The zero-order valence-electron chi connectivity index (χ0n) is 23.2. The summed E-state index contributed by atoms with van der Waals surface area (Å²) in [4.78, 5) is 2.33. The van der Waals surface area contributed by atoms with Gasteiger partial charge in [-0.1, -0.05) is 103 Å². The van der Waals surface area contributed by atoms with Crippen LogP contribution in [0.15, 0.2) is 160 Å². The van der Waals surface area contributed by atoms with Crippen LogP contribution >= 0.6 is 0 Å². The van der Waals surface area contributed by atoms with Crippen molar-refractivity contribution < 1.29 is 8.83 Å². The first-order chi connectivity index (χ1) is 21.3. The molecular weight excluding hydrogens is 526 g/mol. The smallest absolute Gasteiger partial charge is 0.143 e. The van der Waals surface area contributed by atoms with Crippen molar-refractivity contribution in [1.82, 2.24) is 0 Å². The van der Waals surface area contributed by atoms with Gasteiger partial charge < -0.3 is 13.7 Å². The van der Waals surface area contributed by atoms with E-state index in [1.54, 1.807) is 0 Å². The van der Waals surface area contributed by atoms with Crippen LogP contribution in [0.1, 0.15) is 0 Å². The quantitative estimate of drug-likeness (QED) is 0.218. The summed E-state index contributed by atoms with van der Waals surface area (Å²) in [6.07, 6.45) is 0. The summed E-state index contributed by atoms with van der Waals surface area (Å²) < 4.78 is 12.9. The molecule has 9 rings (SSSR count). The Hall–Kier alpha value is -5.80. The van der Waals surface area contributed by atoms with Gasteiger partial charge in [-0.25, -0.2) is 0 Å². The Morgan fingerprint density at radius 2 is 1.07 bits per heavy atom. The van der Waals surface area contributed by atoms with Gasteiger partial charge in [0.05, 0.1) is 5.69 Å². The third-order valence-electron chi connectivity index (χ3n) is 8.46.